The predicted octanol–water partition coefficient (Wildman–Crippen LogP) is 3.53. The monoisotopic (exact) mass is 482 g/mol. The Bertz CT molecular complexity index is 1110. The summed E-state index contributed by atoms with van der Waals surface area (Å²) >= 11 is 3.45. The van der Waals surface area contributed by atoms with Gasteiger partial charge in [-0.3, -0.25) is 9.59 Å². The number of anilines is 1. The van der Waals surface area contributed by atoms with Crippen LogP contribution in [0.15, 0.2) is 47.1 Å². The second-order valence-electron chi connectivity index (χ2n) is 7.72. The number of hydrogen-bond donors (Lipinski definition) is 1. The van der Waals surface area contributed by atoms with Crippen molar-refractivity contribution in [2.75, 3.05) is 18.4 Å². The van der Waals surface area contributed by atoms with Gasteiger partial charge in [-0.05, 0) is 56.5 Å². The normalized spacial score (nSPS) is 16.2. The molecule has 31 heavy (non-hydrogen) atoms. The van der Waals surface area contributed by atoms with Crippen LogP contribution in [0.1, 0.15) is 34.6 Å². The Kier molecular flexibility index (Phi) is 6.13. The minimum absolute atomic E-state index is 0.122. The van der Waals surface area contributed by atoms with Gasteiger partial charge >= 0.3 is 0 Å². The number of carbonyl (C=O) groups excluding carboxylic acids is 2. The number of likely N-dealkylation sites (tertiary alicyclic amines) is 1. The van der Waals surface area contributed by atoms with Crippen LogP contribution in [-0.4, -0.2) is 49.8 Å². The number of carbonyl (C=O) groups is 2. The standard InChI is InChI=1S/C22H23BrN6O2/c1-14-8-9-19(24-12-14)25-21(30)16-5-4-10-28(13-16)22(31)20-15(2)29(27-26-20)18-7-3-6-17(23)11-18/h3,6-9,11-12,16H,4-5,10,13H2,1-2H3,(H,24,25,30). The van der Waals surface area contributed by atoms with Crippen molar-refractivity contribution >= 4 is 33.6 Å². The first-order valence-electron chi connectivity index (χ1n) is 10.1. The molecule has 160 valence electrons. The first-order chi connectivity index (χ1) is 14.9. The van der Waals surface area contributed by atoms with Gasteiger partial charge in [0.05, 0.1) is 17.3 Å². The summed E-state index contributed by atoms with van der Waals surface area (Å²) in [6, 6.07) is 11.3. The number of rotatable bonds is 4. The third-order valence-electron chi connectivity index (χ3n) is 5.39. The summed E-state index contributed by atoms with van der Waals surface area (Å²) in [7, 11) is 0. The molecule has 2 aromatic heterocycles. The van der Waals surface area contributed by atoms with E-state index < -0.39 is 0 Å². The van der Waals surface area contributed by atoms with Crippen molar-refractivity contribution < 1.29 is 9.59 Å². The molecule has 1 aliphatic rings. The number of piperidine rings is 1. The van der Waals surface area contributed by atoms with Crippen LogP contribution in [0, 0.1) is 19.8 Å². The van der Waals surface area contributed by atoms with Crippen LogP contribution in [0.3, 0.4) is 0 Å². The van der Waals surface area contributed by atoms with Gasteiger partial charge in [-0.25, -0.2) is 9.67 Å². The lowest BCUT2D eigenvalue weighted by atomic mass is 9.96. The molecular weight excluding hydrogens is 460 g/mol. The summed E-state index contributed by atoms with van der Waals surface area (Å²) < 4.78 is 2.57. The molecule has 0 radical (unpaired) electrons. The van der Waals surface area contributed by atoms with Crippen molar-refractivity contribution in [3.63, 3.8) is 0 Å². The lowest BCUT2D eigenvalue weighted by Gasteiger charge is -2.31. The van der Waals surface area contributed by atoms with Gasteiger partial charge in [0.15, 0.2) is 5.69 Å². The van der Waals surface area contributed by atoms with Gasteiger partial charge < -0.3 is 10.2 Å². The fourth-order valence-electron chi connectivity index (χ4n) is 3.68. The van der Waals surface area contributed by atoms with Gasteiger partial charge in [-0.15, -0.1) is 5.10 Å². The van der Waals surface area contributed by atoms with Crippen molar-refractivity contribution in [3.05, 3.63) is 64.0 Å². The molecule has 1 N–H and O–H groups in total. The second-order valence-corrected chi connectivity index (χ2v) is 8.63. The maximum Gasteiger partial charge on any atom is 0.276 e. The van der Waals surface area contributed by atoms with E-state index in [2.05, 4.69) is 36.5 Å². The number of benzene rings is 1. The molecular formula is C22H23BrN6O2. The lowest BCUT2D eigenvalue weighted by Crippen LogP contribution is -2.44. The summed E-state index contributed by atoms with van der Waals surface area (Å²) in [5.41, 5.74) is 2.82. The summed E-state index contributed by atoms with van der Waals surface area (Å²) in [4.78, 5) is 31.8. The Hall–Kier alpha value is -3.07. The summed E-state index contributed by atoms with van der Waals surface area (Å²) in [6.07, 6.45) is 3.19. The Morgan fingerprint density at radius 3 is 2.77 bits per heavy atom. The van der Waals surface area contributed by atoms with Crippen molar-refractivity contribution in [3.8, 4) is 5.69 Å². The number of nitrogens with zero attached hydrogens (tertiary/aromatic N) is 5. The zero-order valence-corrected chi connectivity index (χ0v) is 19.0. The Balaban J connectivity index is 1.46. The molecule has 1 aliphatic heterocycles. The average Bonchev–Trinajstić information content (AvgIpc) is 3.16. The third-order valence-corrected chi connectivity index (χ3v) is 5.89. The minimum Gasteiger partial charge on any atom is -0.336 e. The summed E-state index contributed by atoms with van der Waals surface area (Å²) in [5, 5.41) is 11.2. The Morgan fingerprint density at radius 2 is 2.03 bits per heavy atom. The highest BCUT2D eigenvalue weighted by Gasteiger charge is 2.31. The lowest BCUT2D eigenvalue weighted by molar-refractivity contribution is -0.121. The fraction of sp³-hybridized carbons (Fsp3) is 0.318. The average molecular weight is 483 g/mol. The molecule has 2 amide bonds. The van der Waals surface area contributed by atoms with Crippen LogP contribution in [-0.2, 0) is 4.79 Å². The van der Waals surface area contributed by atoms with E-state index in [9.17, 15) is 9.59 Å². The molecule has 4 rings (SSSR count). The molecule has 1 saturated heterocycles. The highest BCUT2D eigenvalue weighted by atomic mass is 79.9. The maximum absolute atomic E-state index is 13.2. The minimum atomic E-state index is -0.291. The molecule has 1 atom stereocenters. The molecule has 0 spiro atoms. The number of aryl methyl sites for hydroxylation is 1. The van der Waals surface area contributed by atoms with E-state index in [0.29, 0.717) is 30.3 Å². The Labute approximate surface area is 188 Å². The molecule has 9 heteroatoms. The zero-order chi connectivity index (χ0) is 22.0. The van der Waals surface area contributed by atoms with Gasteiger partial charge in [0, 0.05) is 23.8 Å². The van der Waals surface area contributed by atoms with Crippen LogP contribution < -0.4 is 5.32 Å². The van der Waals surface area contributed by atoms with E-state index in [1.165, 1.54) is 0 Å². The third kappa shape index (κ3) is 4.66. The highest BCUT2D eigenvalue weighted by Crippen LogP contribution is 2.22. The van der Waals surface area contributed by atoms with Crippen molar-refractivity contribution in [1.29, 1.82) is 0 Å². The molecule has 0 aliphatic carbocycles. The van der Waals surface area contributed by atoms with Crippen LogP contribution in [0.5, 0.6) is 0 Å². The van der Waals surface area contributed by atoms with E-state index >= 15 is 0 Å². The first kappa shape index (κ1) is 21.2. The van der Waals surface area contributed by atoms with Gasteiger partial charge in [-0.1, -0.05) is 33.3 Å². The summed E-state index contributed by atoms with van der Waals surface area (Å²) in [5.74, 6) is -0.0961. The highest BCUT2D eigenvalue weighted by molar-refractivity contribution is 9.10. The van der Waals surface area contributed by atoms with Gasteiger partial charge in [-0.2, -0.15) is 0 Å². The molecule has 1 unspecified atom stereocenters. The smallest absolute Gasteiger partial charge is 0.276 e. The largest absolute Gasteiger partial charge is 0.336 e. The zero-order valence-electron chi connectivity index (χ0n) is 17.4. The van der Waals surface area contributed by atoms with Crippen LogP contribution in [0.4, 0.5) is 5.82 Å². The number of halogens is 1. The molecule has 3 aromatic rings. The first-order valence-corrected chi connectivity index (χ1v) is 10.9. The molecule has 3 heterocycles. The number of nitrogens with one attached hydrogen (secondary N) is 1. The summed E-state index contributed by atoms with van der Waals surface area (Å²) in [6.45, 7) is 4.71. The molecule has 0 saturated carbocycles. The molecule has 1 fully saturated rings. The number of amides is 2. The molecule has 0 bridgehead atoms. The molecule has 8 nitrogen and oxygen atoms in total. The van der Waals surface area contributed by atoms with Gasteiger partial charge in [0.25, 0.3) is 5.91 Å². The topological polar surface area (TPSA) is 93.0 Å². The fourth-order valence-corrected chi connectivity index (χ4v) is 4.06. The van der Waals surface area contributed by atoms with Crippen molar-refractivity contribution in [2.24, 2.45) is 5.92 Å². The molecule has 1 aromatic carbocycles. The van der Waals surface area contributed by atoms with E-state index in [4.69, 9.17) is 0 Å². The number of pyridine rings is 1. The van der Waals surface area contributed by atoms with Crippen LogP contribution in [0.2, 0.25) is 0 Å². The maximum atomic E-state index is 13.2. The van der Waals surface area contributed by atoms with Crippen LogP contribution >= 0.6 is 15.9 Å². The second kappa shape index (κ2) is 8.97. The van der Waals surface area contributed by atoms with Gasteiger partial charge in [0.2, 0.25) is 5.91 Å². The van der Waals surface area contributed by atoms with E-state index in [1.54, 1.807) is 21.8 Å². The number of hydrogen-bond acceptors (Lipinski definition) is 5. The van der Waals surface area contributed by atoms with E-state index in [1.807, 2.05) is 44.2 Å². The quantitative estimate of drug-likeness (QED) is 0.613. The van der Waals surface area contributed by atoms with Gasteiger partial charge in [0.1, 0.15) is 5.82 Å². The van der Waals surface area contributed by atoms with Crippen molar-refractivity contribution in [1.82, 2.24) is 24.9 Å². The van der Waals surface area contributed by atoms with Crippen LogP contribution in [0.25, 0.3) is 5.69 Å². The number of aromatic nitrogens is 4. The van der Waals surface area contributed by atoms with E-state index in [-0.39, 0.29) is 17.7 Å². The van der Waals surface area contributed by atoms with E-state index in [0.717, 1.165) is 28.6 Å². The Morgan fingerprint density at radius 1 is 1.19 bits per heavy atom. The van der Waals surface area contributed by atoms with Crippen molar-refractivity contribution in [2.45, 2.75) is 26.7 Å². The SMILES string of the molecule is Cc1ccc(NC(=O)C2CCCN(C(=O)c3nnn(-c4cccc(Br)c4)c3C)C2)nc1. The predicted molar refractivity (Wildman–Crippen MR) is 120 cm³/mol.